The lowest BCUT2D eigenvalue weighted by Crippen LogP contribution is -2.48. The third-order valence-electron chi connectivity index (χ3n) is 5.27. The van der Waals surface area contributed by atoms with E-state index in [2.05, 4.69) is 16.2 Å². The molecule has 0 aromatic heterocycles. The number of ether oxygens (including phenoxy) is 2. The first-order valence-corrected chi connectivity index (χ1v) is 8.64. The van der Waals surface area contributed by atoms with Crippen molar-refractivity contribution in [2.75, 3.05) is 20.8 Å². The van der Waals surface area contributed by atoms with Gasteiger partial charge in [-0.25, -0.2) is 0 Å². The van der Waals surface area contributed by atoms with Crippen LogP contribution in [0.2, 0.25) is 0 Å². The summed E-state index contributed by atoms with van der Waals surface area (Å²) in [6, 6.07) is 5.80. The molecule has 1 amide bonds. The maximum atomic E-state index is 12.8. The van der Waals surface area contributed by atoms with E-state index in [1.165, 1.54) is 6.42 Å². The molecule has 0 spiro atoms. The van der Waals surface area contributed by atoms with Crippen LogP contribution in [-0.4, -0.2) is 32.7 Å². The van der Waals surface area contributed by atoms with Crippen molar-refractivity contribution in [1.29, 1.82) is 0 Å². The minimum atomic E-state index is -0.118. The van der Waals surface area contributed by atoms with Gasteiger partial charge in [0.2, 0.25) is 5.91 Å². The molecule has 1 aliphatic heterocycles. The van der Waals surface area contributed by atoms with Gasteiger partial charge in [0.15, 0.2) is 0 Å². The first-order chi connectivity index (χ1) is 11.6. The average molecular weight is 333 g/mol. The summed E-state index contributed by atoms with van der Waals surface area (Å²) in [6.07, 6.45) is 3.24. The zero-order valence-corrected chi connectivity index (χ0v) is 14.6. The molecule has 2 aliphatic rings. The maximum absolute atomic E-state index is 12.8. The van der Waals surface area contributed by atoms with Gasteiger partial charge in [0, 0.05) is 24.2 Å². The molecule has 132 valence electrons. The predicted octanol–water partition coefficient (Wildman–Crippen LogP) is 1.77. The van der Waals surface area contributed by atoms with E-state index in [1.807, 2.05) is 25.1 Å². The van der Waals surface area contributed by atoms with Gasteiger partial charge in [0.25, 0.3) is 0 Å². The third-order valence-corrected chi connectivity index (χ3v) is 5.27. The standard InChI is InChI=1S/C18H27N3O3/c1-11(14-8-7-13(23-2)9-16(14)24-3)20-18(22)15-6-4-5-12-10-19-21-17(12)15/h7-9,11-12,15,17,19,21H,4-6,10H2,1-3H3,(H,20,22). The second-order valence-corrected chi connectivity index (χ2v) is 6.69. The van der Waals surface area contributed by atoms with Crippen molar-refractivity contribution in [3.8, 4) is 11.5 Å². The van der Waals surface area contributed by atoms with Crippen LogP contribution < -0.4 is 25.6 Å². The van der Waals surface area contributed by atoms with Crippen molar-refractivity contribution in [3.05, 3.63) is 23.8 Å². The number of benzene rings is 1. The summed E-state index contributed by atoms with van der Waals surface area (Å²) in [5.74, 6) is 2.16. The molecule has 1 aromatic carbocycles. The first-order valence-electron chi connectivity index (χ1n) is 8.64. The Kier molecular flexibility index (Phi) is 5.26. The van der Waals surface area contributed by atoms with Crippen LogP contribution in [0.5, 0.6) is 11.5 Å². The average Bonchev–Trinajstić information content (AvgIpc) is 3.09. The summed E-state index contributed by atoms with van der Waals surface area (Å²) < 4.78 is 10.7. The lowest BCUT2D eigenvalue weighted by Gasteiger charge is -2.32. The number of methoxy groups -OCH3 is 2. The SMILES string of the molecule is COc1ccc(C(C)NC(=O)C2CCCC3CNNC32)c(OC)c1. The van der Waals surface area contributed by atoms with E-state index < -0.39 is 0 Å². The Hall–Kier alpha value is -1.79. The molecule has 24 heavy (non-hydrogen) atoms. The number of nitrogens with one attached hydrogen (secondary N) is 3. The van der Waals surface area contributed by atoms with E-state index in [0.717, 1.165) is 36.4 Å². The number of fused-ring (bicyclic) bond motifs is 1. The quantitative estimate of drug-likeness (QED) is 0.766. The Morgan fingerprint density at radius 2 is 2.12 bits per heavy atom. The molecule has 1 heterocycles. The number of rotatable bonds is 5. The molecule has 4 atom stereocenters. The smallest absolute Gasteiger partial charge is 0.225 e. The highest BCUT2D eigenvalue weighted by Gasteiger charge is 2.40. The largest absolute Gasteiger partial charge is 0.497 e. The van der Waals surface area contributed by atoms with E-state index in [9.17, 15) is 4.79 Å². The number of carbonyl (C=O) groups excluding carboxylic acids is 1. The summed E-state index contributed by atoms with van der Waals surface area (Å²) in [5, 5.41) is 3.16. The van der Waals surface area contributed by atoms with Gasteiger partial charge in [-0.1, -0.05) is 6.42 Å². The highest BCUT2D eigenvalue weighted by Crippen LogP contribution is 2.33. The summed E-state index contributed by atoms with van der Waals surface area (Å²) >= 11 is 0. The van der Waals surface area contributed by atoms with Crippen LogP contribution in [0.1, 0.15) is 37.8 Å². The molecular weight excluding hydrogens is 306 g/mol. The van der Waals surface area contributed by atoms with Gasteiger partial charge in [-0.05, 0) is 37.8 Å². The van der Waals surface area contributed by atoms with Gasteiger partial charge >= 0.3 is 0 Å². The van der Waals surface area contributed by atoms with E-state index >= 15 is 0 Å². The topological polar surface area (TPSA) is 71.6 Å². The monoisotopic (exact) mass is 333 g/mol. The Bertz CT molecular complexity index is 593. The van der Waals surface area contributed by atoms with E-state index in [0.29, 0.717) is 5.92 Å². The molecule has 0 radical (unpaired) electrons. The fourth-order valence-corrected chi connectivity index (χ4v) is 3.91. The Morgan fingerprint density at radius 1 is 1.29 bits per heavy atom. The third kappa shape index (κ3) is 3.35. The molecule has 3 N–H and O–H groups in total. The normalized spacial score (nSPS) is 27.2. The molecular formula is C18H27N3O3. The Labute approximate surface area is 143 Å². The van der Waals surface area contributed by atoms with E-state index in [4.69, 9.17) is 9.47 Å². The van der Waals surface area contributed by atoms with Crippen molar-refractivity contribution in [3.63, 3.8) is 0 Å². The molecule has 0 bridgehead atoms. The van der Waals surface area contributed by atoms with Crippen LogP contribution in [0.3, 0.4) is 0 Å². The van der Waals surface area contributed by atoms with Crippen molar-refractivity contribution in [1.82, 2.24) is 16.2 Å². The van der Waals surface area contributed by atoms with Gasteiger partial charge in [-0.2, -0.15) is 0 Å². The van der Waals surface area contributed by atoms with Crippen LogP contribution in [0.15, 0.2) is 18.2 Å². The Balaban J connectivity index is 1.70. The molecule has 1 aromatic rings. The van der Waals surface area contributed by atoms with Crippen molar-refractivity contribution in [2.24, 2.45) is 11.8 Å². The molecule has 6 heteroatoms. The number of hydrogen-bond donors (Lipinski definition) is 3. The van der Waals surface area contributed by atoms with Crippen molar-refractivity contribution < 1.29 is 14.3 Å². The molecule has 1 aliphatic carbocycles. The molecule has 3 rings (SSSR count). The predicted molar refractivity (Wildman–Crippen MR) is 91.9 cm³/mol. The highest BCUT2D eigenvalue weighted by molar-refractivity contribution is 5.80. The summed E-state index contributed by atoms with van der Waals surface area (Å²) in [5.41, 5.74) is 7.44. The highest BCUT2D eigenvalue weighted by atomic mass is 16.5. The zero-order chi connectivity index (χ0) is 17.1. The lowest BCUT2D eigenvalue weighted by molar-refractivity contribution is -0.127. The summed E-state index contributed by atoms with van der Waals surface area (Å²) in [7, 11) is 3.26. The molecule has 1 saturated carbocycles. The molecule has 1 saturated heterocycles. The number of hydrazine groups is 1. The second-order valence-electron chi connectivity index (χ2n) is 6.69. The minimum absolute atomic E-state index is 0.0189. The fourth-order valence-electron chi connectivity index (χ4n) is 3.91. The van der Waals surface area contributed by atoms with Gasteiger partial charge in [-0.3, -0.25) is 15.6 Å². The van der Waals surface area contributed by atoms with Gasteiger partial charge in [0.05, 0.1) is 26.2 Å². The van der Waals surface area contributed by atoms with Crippen LogP contribution >= 0.6 is 0 Å². The molecule has 6 nitrogen and oxygen atoms in total. The van der Waals surface area contributed by atoms with E-state index in [-0.39, 0.29) is 23.9 Å². The second kappa shape index (κ2) is 7.40. The molecule has 2 fully saturated rings. The summed E-state index contributed by atoms with van der Waals surface area (Å²) in [6.45, 7) is 2.94. The number of hydrogen-bond acceptors (Lipinski definition) is 5. The van der Waals surface area contributed by atoms with Crippen LogP contribution in [0.4, 0.5) is 0 Å². The maximum Gasteiger partial charge on any atom is 0.225 e. The lowest BCUT2D eigenvalue weighted by atomic mass is 9.77. The molecule has 4 unspecified atom stereocenters. The van der Waals surface area contributed by atoms with Crippen LogP contribution in [0, 0.1) is 11.8 Å². The van der Waals surface area contributed by atoms with Crippen LogP contribution in [0.25, 0.3) is 0 Å². The first kappa shape index (κ1) is 17.0. The van der Waals surface area contributed by atoms with Gasteiger partial charge in [-0.15, -0.1) is 0 Å². The van der Waals surface area contributed by atoms with E-state index in [1.54, 1.807) is 14.2 Å². The van der Waals surface area contributed by atoms with Gasteiger partial charge < -0.3 is 14.8 Å². The van der Waals surface area contributed by atoms with Gasteiger partial charge in [0.1, 0.15) is 11.5 Å². The van der Waals surface area contributed by atoms with Crippen molar-refractivity contribution >= 4 is 5.91 Å². The van der Waals surface area contributed by atoms with Crippen LogP contribution in [-0.2, 0) is 4.79 Å². The summed E-state index contributed by atoms with van der Waals surface area (Å²) in [4.78, 5) is 12.8. The Morgan fingerprint density at radius 3 is 2.88 bits per heavy atom. The minimum Gasteiger partial charge on any atom is -0.497 e. The zero-order valence-electron chi connectivity index (χ0n) is 14.6. The number of carbonyl (C=O) groups is 1. The number of amides is 1. The van der Waals surface area contributed by atoms with Crippen molar-refractivity contribution in [2.45, 2.75) is 38.3 Å². The fraction of sp³-hybridized carbons (Fsp3) is 0.611.